The Labute approximate surface area is 171 Å². The van der Waals surface area contributed by atoms with Gasteiger partial charge in [0.25, 0.3) is 5.91 Å². The highest BCUT2D eigenvalue weighted by molar-refractivity contribution is 9.10. The molecule has 0 saturated carbocycles. The van der Waals surface area contributed by atoms with Crippen molar-refractivity contribution in [2.24, 2.45) is 0 Å². The van der Waals surface area contributed by atoms with Crippen molar-refractivity contribution in [3.05, 3.63) is 94.0 Å². The zero-order valence-electron chi connectivity index (χ0n) is 14.9. The van der Waals surface area contributed by atoms with Gasteiger partial charge in [0.05, 0.1) is 17.7 Å². The average molecular weight is 440 g/mol. The van der Waals surface area contributed by atoms with E-state index in [-0.39, 0.29) is 11.5 Å². The second-order valence-corrected chi connectivity index (χ2v) is 6.98. The van der Waals surface area contributed by atoms with Crippen molar-refractivity contribution in [3.63, 3.8) is 0 Å². The van der Waals surface area contributed by atoms with Gasteiger partial charge in [-0.2, -0.15) is 0 Å². The first-order valence-corrected chi connectivity index (χ1v) is 9.43. The Hall–Kier alpha value is -3.12. The van der Waals surface area contributed by atoms with Crippen LogP contribution in [0.3, 0.4) is 0 Å². The highest BCUT2D eigenvalue weighted by Crippen LogP contribution is 2.25. The van der Waals surface area contributed by atoms with E-state index in [1.54, 1.807) is 24.3 Å². The van der Waals surface area contributed by atoms with Crippen LogP contribution in [0.1, 0.15) is 26.3 Å². The van der Waals surface area contributed by atoms with Gasteiger partial charge in [-0.25, -0.2) is 4.79 Å². The molecule has 0 heterocycles. The molecule has 2 N–H and O–H groups in total. The fraction of sp³-hybridized carbons (Fsp3) is 0.0909. The topological polar surface area (TPSA) is 75.6 Å². The van der Waals surface area contributed by atoms with Gasteiger partial charge in [0.1, 0.15) is 5.75 Å². The van der Waals surface area contributed by atoms with Crippen LogP contribution in [-0.4, -0.2) is 23.6 Å². The Bertz CT molecular complexity index is 972. The molecule has 0 saturated heterocycles. The number of amides is 1. The minimum absolute atomic E-state index is 0.158. The van der Waals surface area contributed by atoms with E-state index in [9.17, 15) is 9.59 Å². The van der Waals surface area contributed by atoms with Crippen LogP contribution in [0.5, 0.6) is 5.75 Å². The maximum atomic E-state index is 12.7. The van der Waals surface area contributed by atoms with Crippen molar-refractivity contribution in [1.29, 1.82) is 0 Å². The quantitative estimate of drug-likeness (QED) is 0.541. The van der Waals surface area contributed by atoms with E-state index in [4.69, 9.17) is 9.84 Å². The van der Waals surface area contributed by atoms with Crippen molar-refractivity contribution >= 4 is 33.5 Å². The number of carboxylic acid groups (broad SMARTS) is 1. The number of carboxylic acids is 1. The van der Waals surface area contributed by atoms with Crippen LogP contribution in [0.15, 0.2) is 77.3 Å². The molecule has 0 unspecified atom stereocenters. The van der Waals surface area contributed by atoms with Crippen molar-refractivity contribution in [2.45, 2.75) is 6.42 Å². The molecule has 0 atom stereocenters. The zero-order valence-corrected chi connectivity index (χ0v) is 16.5. The van der Waals surface area contributed by atoms with Crippen LogP contribution in [-0.2, 0) is 6.42 Å². The van der Waals surface area contributed by atoms with Crippen molar-refractivity contribution < 1.29 is 19.4 Å². The second-order valence-electron chi connectivity index (χ2n) is 6.06. The first kappa shape index (κ1) is 19.6. The van der Waals surface area contributed by atoms with Gasteiger partial charge in [-0.05, 0) is 48.0 Å². The number of halogens is 1. The number of aromatic carboxylic acids is 1. The van der Waals surface area contributed by atoms with Gasteiger partial charge in [0, 0.05) is 16.6 Å². The van der Waals surface area contributed by atoms with Gasteiger partial charge < -0.3 is 15.2 Å². The van der Waals surface area contributed by atoms with Crippen molar-refractivity contribution in [1.82, 2.24) is 0 Å². The molecule has 5 nitrogen and oxygen atoms in total. The summed E-state index contributed by atoms with van der Waals surface area (Å²) >= 11 is 3.38. The number of hydrogen-bond acceptors (Lipinski definition) is 3. The normalized spacial score (nSPS) is 10.3. The maximum Gasteiger partial charge on any atom is 0.335 e. The Morgan fingerprint density at radius 3 is 2.36 bits per heavy atom. The summed E-state index contributed by atoms with van der Waals surface area (Å²) in [5.41, 5.74) is 2.21. The lowest BCUT2D eigenvalue weighted by molar-refractivity contribution is 0.0696. The summed E-state index contributed by atoms with van der Waals surface area (Å²) in [4.78, 5) is 23.6. The van der Waals surface area contributed by atoms with Gasteiger partial charge in [-0.1, -0.05) is 46.3 Å². The molecule has 6 heteroatoms. The number of hydrogen-bond donors (Lipinski definition) is 2. The summed E-state index contributed by atoms with van der Waals surface area (Å²) < 4.78 is 6.60. The molecule has 0 radical (unpaired) electrons. The lowest BCUT2D eigenvalue weighted by Gasteiger charge is -2.13. The van der Waals surface area contributed by atoms with Gasteiger partial charge in [0.15, 0.2) is 0 Å². The zero-order chi connectivity index (χ0) is 19.9. The number of ether oxygens (including phenoxy) is 1. The van der Waals surface area contributed by atoms with Crippen LogP contribution in [0.4, 0.5) is 5.69 Å². The van der Waals surface area contributed by atoms with Gasteiger partial charge >= 0.3 is 5.97 Å². The highest BCUT2D eigenvalue weighted by atomic mass is 79.9. The number of carbonyl (C=O) groups excluding carboxylic acids is 1. The lowest BCUT2D eigenvalue weighted by Crippen LogP contribution is -2.14. The summed E-state index contributed by atoms with van der Waals surface area (Å²) in [6, 6.07) is 21.2. The number of rotatable bonds is 7. The molecule has 142 valence electrons. The van der Waals surface area contributed by atoms with E-state index in [0.29, 0.717) is 23.6 Å². The lowest BCUT2D eigenvalue weighted by atomic mass is 10.1. The third-order valence-electron chi connectivity index (χ3n) is 4.07. The molecule has 0 aliphatic heterocycles. The van der Waals surface area contributed by atoms with Crippen molar-refractivity contribution in [2.75, 3.05) is 11.9 Å². The van der Waals surface area contributed by atoms with E-state index >= 15 is 0 Å². The SMILES string of the molecule is O=C(O)c1ccc(NC(=O)c2cc(Br)ccc2OCCc2ccccc2)cc1. The summed E-state index contributed by atoms with van der Waals surface area (Å²) in [5.74, 6) is -0.864. The van der Waals surface area contributed by atoms with Gasteiger partial charge in [0.2, 0.25) is 0 Å². The van der Waals surface area contributed by atoms with E-state index in [1.807, 2.05) is 36.4 Å². The largest absolute Gasteiger partial charge is 0.492 e. The first-order valence-electron chi connectivity index (χ1n) is 8.64. The maximum absolute atomic E-state index is 12.7. The van der Waals surface area contributed by atoms with Gasteiger partial charge in [-0.3, -0.25) is 4.79 Å². The number of benzene rings is 3. The third-order valence-corrected chi connectivity index (χ3v) is 4.56. The number of anilines is 1. The fourth-order valence-corrected chi connectivity index (χ4v) is 2.98. The molecule has 28 heavy (non-hydrogen) atoms. The second kappa shape index (κ2) is 9.19. The minimum Gasteiger partial charge on any atom is -0.492 e. The molecule has 0 aromatic heterocycles. The predicted octanol–water partition coefficient (Wildman–Crippen LogP) is 5.02. The summed E-state index contributed by atoms with van der Waals surface area (Å²) in [6.07, 6.45) is 0.731. The molecule has 3 aromatic rings. The summed E-state index contributed by atoms with van der Waals surface area (Å²) in [6.45, 7) is 0.444. The van der Waals surface area contributed by atoms with Crippen LogP contribution < -0.4 is 10.1 Å². The van der Waals surface area contributed by atoms with E-state index in [0.717, 1.165) is 16.5 Å². The Kier molecular flexibility index (Phi) is 6.45. The predicted molar refractivity (Wildman–Crippen MR) is 111 cm³/mol. The van der Waals surface area contributed by atoms with Crippen molar-refractivity contribution in [3.8, 4) is 5.75 Å². The standard InChI is InChI=1S/C22H18BrNO4/c23-17-8-11-20(28-13-12-15-4-2-1-3-5-15)19(14-17)21(25)24-18-9-6-16(7-10-18)22(26)27/h1-11,14H,12-13H2,(H,24,25)(H,26,27). The molecule has 0 aliphatic carbocycles. The fourth-order valence-electron chi connectivity index (χ4n) is 2.62. The molecule has 0 bridgehead atoms. The van der Waals surface area contributed by atoms with Crippen LogP contribution in [0, 0.1) is 0 Å². The number of nitrogens with one attached hydrogen (secondary N) is 1. The first-order chi connectivity index (χ1) is 13.5. The van der Waals surface area contributed by atoms with Gasteiger partial charge in [-0.15, -0.1) is 0 Å². The van der Waals surface area contributed by atoms with Crippen LogP contribution >= 0.6 is 15.9 Å². The van der Waals surface area contributed by atoms with E-state index in [1.165, 1.54) is 12.1 Å². The Balaban J connectivity index is 1.70. The van der Waals surface area contributed by atoms with E-state index < -0.39 is 5.97 Å². The molecule has 0 fully saturated rings. The Morgan fingerprint density at radius 1 is 0.964 bits per heavy atom. The minimum atomic E-state index is -1.01. The Morgan fingerprint density at radius 2 is 1.68 bits per heavy atom. The monoisotopic (exact) mass is 439 g/mol. The molecule has 3 aromatic carbocycles. The smallest absolute Gasteiger partial charge is 0.335 e. The van der Waals surface area contributed by atoms with Crippen LogP contribution in [0.2, 0.25) is 0 Å². The average Bonchev–Trinajstić information content (AvgIpc) is 2.70. The van der Waals surface area contributed by atoms with Crippen LogP contribution in [0.25, 0.3) is 0 Å². The third kappa shape index (κ3) is 5.20. The number of carbonyl (C=O) groups is 2. The molecule has 1 amide bonds. The molecular weight excluding hydrogens is 422 g/mol. The molecular formula is C22H18BrNO4. The summed E-state index contributed by atoms with van der Waals surface area (Å²) in [7, 11) is 0. The highest BCUT2D eigenvalue weighted by Gasteiger charge is 2.14. The molecule has 0 aliphatic rings. The summed E-state index contributed by atoms with van der Waals surface area (Å²) in [5, 5.41) is 11.7. The van der Waals surface area contributed by atoms with E-state index in [2.05, 4.69) is 21.2 Å². The molecule has 0 spiro atoms. The molecule has 3 rings (SSSR count).